The molecule has 0 spiro atoms. The van der Waals surface area contributed by atoms with Crippen LogP contribution in [0.1, 0.15) is 55.1 Å². The van der Waals surface area contributed by atoms with E-state index < -0.39 is 0 Å². The molecule has 1 amide bonds. The first-order valence-corrected chi connectivity index (χ1v) is 9.91. The van der Waals surface area contributed by atoms with Crippen LogP contribution in [-0.4, -0.2) is 30.9 Å². The minimum Gasteiger partial charge on any atom is -0.348 e. The van der Waals surface area contributed by atoms with Crippen molar-refractivity contribution in [3.63, 3.8) is 0 Å². The molecule has 8 nitrogen and oxygen atoms in total. The minimum absolute atomic E-state index is 0.0617. The van der Waals surface area contributed by atoms with Crippen molar-refractivity contribution < 1.29 is 4.79 Å². The standard InChI is InChI=1S/C20H29N5O3/c1-13(2)7-10-25-20(28)24-9-8-15(5-6-18(24)22-25)21-19(27)17-12-16(26)11-14(3)23(17)4/h11-13,15H,5-10H2,1-4H3,(H,21,27). The third-order valence-corrected chi connectivity index (χ3v) is 5.42. The highest BCUT2D eigenvalue weighted by atomic mass is 16.2. The Balaban J connectivity index is 1.69. The Kier molecular flexibility index (Phi) is 5.86. The Labute approximate surface area is 164 Å². The minimum atomic E-state index is -0.262. The maximum atomic E-state index is 12.7. The van der Waals surface area contributed by atoms with E-state index in [1.54, 1.807) is 27.8 Å². The highest BCUT2D eigenvalue weighted by Crippen LogP contribution is 2.13. The molecule has 0 saturated carbocycles. The van der Waals surface area contributed by atoms with E-state index in [1.165, 1.54) is 12.1 Å². The predicted octanol–water partition coefficient (Wildman–Crippen LogP) is 1.23. The van der Waals surface area contributed by atoms with Crippen molar-refractivity contribution in [3.8, 4) is 0 Å². The summed E-state index contributed by atoms with van der Waals surface area (Å²) < 4.78 is 5.01. The predicted molar refractivity (Wildman–Crippen MR) is 107 cm³/mol. The molecule has 1 aliphatic rings. The number of carbonyl (C=O) groups excluding carboxylic acids is 1. The van der Waals surface area contributed by atoms with Gasteiger partial charge in [-0.05, 0) is 32.1 Å². The van der Waals surface area contributed by atoms with Crippen molar-refractivity contribution in [3.05, 3.63) is 50.1 Å². The van der Waals surface area contributed by atoms with E-state index in [2.05, 4.69) is 24.3 Å². The summed E-state index contributed by atoms with van der Waals surface area (Å²) in [5.74, 6) is 1.04. The van der Waals surface area contributed by atoms with Crippen molar-refractivity contribution in [2.45, 2.75) is 65.6 Å². The Bertz CT molecular complexity index is 983. The number of pyridine rings is 1. The largest absolute Gasteiger partial charge is 0.348 e. The van der Waals surface area contributed by atoms with Crippen LogP contribution in [0.3, 0.4) is 0 Å². The van der Waals surface area contributed by atoms with E-state index in [-0.39, 0.29) is 23.1 Å². The van der Waals surface area contributed by atoms with Gasteiger partial charge in [0.05, 0.1) is 0 Å². The van der Waals surface area contributed by atoms with Gasteiger partial charge in [0, 0.05) is 50.4 Å². The molecule has 3 rings (SSSR count). The van der Waals surface area contributed by atoms with Crippen molar-refractivity contribution in [1.29, 1.82) is 0 Å². The molecule has 3 heterocycles. The van der Waals surface area contributed by atoms with Crippen LogP contribution in [0.2, 0.25) is 0 Å². The third-order valence-electron chi connectivity index (χ3n) is 5.42. The lowest BCUT2D eigenvalue weighted by Gasteiger charge is -2.18. The zero-order chi connectivity index (χ0) is 20.4. The van der Waals surface area contributed by atoms with E-state index in [4.69, 9.17) is 0 Å². The summed E-state index contributed by atoms with van der Waals surface area (Å²) in [7, 11) is 1.77. The number of nitrogens with zero attached hydrogens (tertiary/aromatic N) is 4. The van der Waals surface area contributed by atoms with Crippen molar-refractivity contribution >= 4 is 5.91 Å². The highest BCUT2D eigenvalue weighted by Gasteiger charge is 2.23. The fourth-order valence-electron chi connectivity index (χ4n) is 3.54. The van der Waals surface area contributed by atoms with Crippen LogP contribution in [0, 0.1) is 12.8 Å². The molecule has 1 atom stereocenters. The van der Waals surface area contributed by atoms with Crippen LogP contribution in [0.15, 0.2) is 21.7 Å². The average Bonchev–Trinajstić information content (AvgIpc) is 2.79. The van der Waals surface area contributed by atoms with Gasteiger partial charge in [-0.2, -0.15) is 5.10 Å². The summed E-state index contributed by atoms with van der Waals surface area (Å²) in [5, 5.41) is 7.52. The zero-order valence-electron chi connectivity index (χ0n) is 17.1. The third kappa shape index (κ3) is 4.26. The Morgan fingerprint density at radius 1 is 1.29 bits per heavy atom. The van der Waals surface area contributed by atoms with Crippen molar-refractivity contribution in [1.82, 2.24) is 24.2 Å². The number of hydrogen-bond acceptors (Lipinski definition) is 4. The number of rotatable bonds is 5. The van der Waals surface area contributed by atoms with Crippen LogP contribution >= 0.6 is 0 Å². The molecule has 0 saturated heterocycles. The van der Waals surface area contributed by atoms with Gasteiger partial charge in [0.1, 0.15) is 11.5 Å². The first-order valence-electron chi connectivity index (χ1n) is 9.91. The molecule has 8 heteroatoms. The van der Waals surface area contributed by atoms with E-state index in [9.17, 15) is 14.4 Å². The number of hydrogen-bond donors (Lipinski definition) is 1. The first kappa shape index (κ1) is 20.1. The lowest BCUT2D eigenvalue weighted by Crippen LogP contribution is -2.37. The molecule has 1 N–H and O–H groups in total. The van der Waals surface area contributed by atoms with Gasteiger partial charge in [-0.3, -0.25) is 14.2 Å². The van der Waals surface area contributed by atoms with Gasteiger partial charge in [0.25, 0.3) is 5.91 Å². The quantitative estimate of drug-likeness (QED) is 0.835. The Morgan fingerprint density at radius 2 is 2.04 bits per heavy atom. The summed E-state index contributed by atoms with van der Waals surface area (Å²) in [5.41, 5.74) is 0.844. The van der Waals surface area contributed by atoms with Gasteiger partial charge >= 0.3 is 5.69 Å². The molecule has 2 aromatic heterocycles. The fraction of sp³-hybridized carbons (Fsp3) is 0.600. The van der Waals surface area contributed by atoms with Gasteiger partial charge in [-0.15, -0.1) is 0 Å². The van der Waals surface area contributed by atoms with Gasteiger partial charge in [-0.25, -0.2) is 9.48 Å². The van der Waals surface area contributed by atoms with Gasteiger partial charge in [0.2, 0.25) is 0 Å². The average molecular weight is 387 g/mol. The fourth-order valence-corrected chi connectivity index (χ4v) is 3.54. The smallest absolute Gasteiger partial charge is 0.345 e. The molecule has 2 aromatic rings. The van der Waals surface area contributed by atoms with E-state index in [1.807, 2.05) is 0 Å². The highest BCUT2D eigenvalue weighted by molar-refractivity contribution is 5.92. The maximum absolute atomic E-state index is 12.7. The molecule has 0 bridgehead atoms. The van der Waals surface area contributed by atoms with Gasteiger partial charge < -0.3 is 9.88 Å². The summed E-state index contributed by atoms with van der Waals surface area (Å²) >= 11 is 0. The van der Waals surface area contributed by atoms with Crippen LogP contribution in [0.25, 0.3) is 0 Å². The molecular weight excluding hydrogens is 358 g/mol. The second-order valence-corrected chi connectivity index (χ2v) is 8.03. The second kappa shape index (κ2) is 8.16. The molecule has 0 radical (unpaired) electrons. The SMILES string of the molecule is Cc1cc(=O)cc(C(=O)NC2CCc3nn(CCC(C)C)c(=O)n3CC2)n1C. The lowest BCUT2D eigenvalue weighted by molar-refractivity contribution is 0.0923. The Hall–Kier alpha value is -2.64. The van der Waals surface area contributed by atoms with E-state index in [0.717, 1.165) is 17.9 Å². The van der Waals surface area contributed by atoms with E-state index in [0.29, 0.717) is 44.0 Å². The number of fused-ring (bicyclic) bond motifs is 1. The first-order chi connectivity index (χ1) is 13.3. The molecule has 28 heavy (non-hydrogen) atoms. The molecule has 0 fully saturated rings. The number of aryl methyl sites for hydroxylation is 3. The van der Waals surface area contributed by atoms with Gasteiger partial charge in [0.15, 0.2) is 5.43 Å². The molecule has 152 valence electrons. The summed E-state index contributed by atoms with van der Waals surface area (Å²) in [6.07, 6.45) is 2.94. The Morgan fingerprint density at radius 3 is 2.75 bits per heavy atom. The number of aromatic nitrogens is 4. The van der Waals surface area contributed by atoms with Crippen molar-refractivity contribution in [2.75, 3.05) is 0 Å². The molecular formula is C20H29N5O3. The number of nitrogens with one attached hydrogen (secondary N) is 1. The summed E-state index contributed by atoms with van der Waals surface area (Å²) in [4.78, 5) is 37.0. The van der Waals surface area contributed by atoms with Crippen LogP contribution in [0.4, 0.5) is 0 Å². The maximum Gasteiger partial charge on any atom is 0.345 e. The normalized spacial score (nSPS) is 16.7. The summed E-state index contributed by atoms with van der Waals surface area (Å²) in [6.45, 7) is 7.23. The lowest BCUT2D eigenvalue weighted by atomic mass is 10.1. The van der Waals surface area contributed by atoms with Crippen LogP contribution < -0.4 is 16.4 Å². The summed E-state index contributed by atoms with van der Waals surface area (Å²) in [6, 6.07) is 2.80. The molecule has 0 aliphatic carbocycles. The number of carbonyl (C=O) groups is 1. The monoisotopic (exact) mass is 387 g/mol. The molecule has 0 aromatic carbocycles. The van der Waals surface area contributed by atoms with Crippen LogP contribution in [-0.2, 0) is 26.6 Å². The zero-order valence-corrected chi connectivity index (χ0v) is 17.1. The molecule has 1 aliphatic heterocycles. The topological polar surface area (TPSA) is 90.9 Å². The second-order valence-electron chi connectivity index (χ2n) is 8.03. The van der Waals surface area contributed by atoms with Crippen LogP contribution in [0.5, 0.6) is 0 Å². The van der Waals surface area contributed by atoms with Gasteiger partial charge in [-0.1, -0.05) is 13.8 Å². The van der Waals surface area contributed by atoms with E-state index >= 15 is 0 Å². The van der Waals surface area contributed by atoms with Crippen molar-refractivity contribution in [2.24, 2.45) is 13.0 Å². The molecule has 1 unspecified atom stereocenters. The number of amides is 1.